The number of carbonyl (C=O) groups is 1. The van der Waals surface area contributed by atoms with Crippen LogP contribution in [0.5, 0.6) is 0 Å². The third-order valence-electron chi connectivity index (χ3n) is 3.05. The van der Waals surface area contributed by atoms with Crippen molar-refractivity contribution in [2.24, 2.45) is 5.41 Å². The van der Waals surface area contributed by atoms with Crippen molar-refractivity contribution in [3.63, 3.8) is 0 Å². The van der Waals surface area contributed by atoms with Gasteiger partial charge in [0.15, 0.2) is 0 Å². The molecule has 5 nitrogen and oxygen atoms in total. The number of likely N-dealkylation sites (tertiary alicyclic amines) is 1. The number of rotatable bonds is 6. The zero-order valence-corrected chi connectivity index (χ0v) is 9.91. The molecule has 1 amide bonds. The van der Waals surface area contributed by atoms with Crippen LogP contribution in [0.25, 0.3) is 0 Å². The fraction of sp³-hybridized carbons (Fsp3) is 0.909. The Morgan fingerprint density at radius 2 is 1.88 bits per heavy atom. The maximum Gasteiger partial charge on any atom is 0.236 e. The van der Waals surface area contributed by atoms with Crippen LogP contribution in [0, 0.1) is 5.41 Å². The summed E-state index contributed by atoms with van der Waals surface area (Å²) >= 11 is 0. The van der Waals surface area contributed by atoms with Crippen molar-refractivity contribution >= 4 is 5.91 Å². The average molecular weight is 230 g/mol. The Kier molecular flexibility index (Phi) is 5.18. The van der Waals surface area contributed by atoms with E-state index in [0.29, 0.717) is 6.54 Å². The Balaban J connectivity index is 2.21. The van der Waals surface area contributed by atoms with Crippen LogP contribution in [0.15, 0.2) is 0 Å². The lowest BCUT2D eigenvalue weighted by Gasteiger charge is -2.25. The van der Waals surface area contributed by atoms with Gasteiger partial charge in [0.2, 0.25) is 5.91 Å². The van der Waals surface area contributed by atoms with E-state index in [0.717, 1.165) is 25.9 Å². The molecule has 0 saturated carbocycles. The van der Waals surface area contributed by atoms with Gasteiger partial charge in [-0.15, -0.1) is 0 Å². The molecule has 0 bridgehead atoms. The Labute approximate surface area is 96.4 Å². The van der Waals surface area contributed by atoms with Crippen LogP contribution in [-0.2, 0) is 4.79 Å². The van der Waals surface area contributed by atoms with Gasteiger partial charge in [-0.25, -0.2) is 0 Å². The fourth-order valence-electron chi connectivity index (χ4n) is 1.71. The van der Waals surface area contributed by atoms with Crippen molar-refractivity contribution in [1.29, 1.82) is 0 Å². The summed E-state index contributed by atoms with van der Waals surface area (Å²) in [6, 6.07) is 0. The van der Waals surface area contributed by atoms with Crippen LogP contribution in [0.3, 0.4) is 0 Å². The van der Waals surface area contributed by atoms with E-state index < -0.39 is 5.41 Å². The van der Waals surface area contributed by atoms with Gasteiger partial charge < -0.3 is 20.4 Å². The minimum Gasteiger partial charge on any atom is -0.396 e. The van der Waals surface area contributed by atoms with Crippen molar-refractivity contribution < 1.29 is 15.0 Å². The van der Waals surface area contributed by atoms with Gasteiger partial charge >= 0.3 is 0 Å². The highest BCUT2D eigenvalue weighted by Crippen LogP contribution is 2.12. The molecule has 0 spiro atoms. The quantitative estimate of drug-likeness (QED) is 0.558. The molecule has 0 atom stereocenters. The second kappa shape index (κ2) is 6.18. The average Bonchev–Trinajstić information content (AvgIpc) is 2.82. The molecule has 0 aromatic heterocycles. The van der Waals surface area contributed by atoms with Crippen molar-refractivity contribution in [3.05, 3.63) is 0 Å². The van der Waals surface area contributed by atoms with Gasteiger partial charge in [0, 0.05) is 25.0 Å². The Morgan fingerprint density at radius 1 is 1.31 bits per heavy atom. The normalized spacial score (nSPS) is 16.8. The molecule has 1 aliphatic rings. The summed E-state index contributed by atoms with van der Waals surface area (Å²) < 4.78 is 0. The van der Waals surface area contributed by atoms with Crippen LogP contribution in [0.4, 0.5) is 0 Å². The van der Waals surface area contributed by atoms with Gasteiger partial charge in [0.1, 0.15) is 0 Å². The van der Waals surface area contributed by atoms with Crippen molar-refractivity contribution in [3.8, 4) is 0 Å². The van der Waals surface area contributed by atoms with Crippen LogP contribution < -0.4 is 5.32 Å². The first kappa shape index (κ1) is 13.4. The number of hydrogen-bond acceptors (Lipinski definition) is 4. The first-order chi connectivity index (χ1) is 7.61. The second-order valence-corrected chi connectivity index (χ2v) is 4.82. The summed E-state index contributed by atoms with van der Waals surface area (Å²) in [4.78, 5) is 13.5. The SMILES string of the molecule is CC(CO)(CO)CNCC(=O)N1CCCC1. The molecule has 0 aromatic rings. The minimum absolute atomic E-state index is 0.0889. The van der Waals surface area contributed by atoms with E-state index in [1.54, 1.807) is 6.92 Å². The fourth-order valence-corrected chi connectivity index (χ4v) is 1.71. The van der Waals surface area contributed by atoms with Crippen molar-refractivity contribution in [2.75, 3.05) is 39.4 Å². The van der Waals surface area contributed by atoms with E-state index in [9.17, 15) is 4.79 Å². The predicted octanol–water partition coefficient (Wildman–Crippen LogP) is -0.811. The van der Waals surface area contributed by atoms with Gasteiger partial charge in [0.05, 0.1) is 19.8 Å². The Bertz CT molecular complexity index is 223. The van der Waals surface area contributed by atoms with Gasteiger partial charge in [-0.1, -0.05) is 6.92 Å². The smallest absolute Gasteiger partial charge is 0.236 e. The molecular weight excluding hydrogens is 208 g/mol. The highest BCUT2D eigenvalue weighted by Gasteiger charge is 2.23. The molecule has 3 N–H and O–H groups in total. The molecule has 1 saturated heterocycles. The molecule has 0 radical (unpaired) electrons. The number of aliphatic hydroxyl groups excluding tert-OH is 2. The van der Waals surface area contributed by atoms with E-state index in [4.69, 9.17) is 10.2 Å². The summed E-state index contributed by atoms with van der Waals surface area (Å²) in [5, 5.41) is 21.1. The van der Waals surface area contributed by atoms with Gasteiger partial charge in [0.25, 0.3) is 0 Å². The lowest BCUT2D eigenvalue weighted by molar-refractivity contribution is -0.129. The highest BCUT2D eigenvalue weighted by molar-refractivity contribution is 5.78. The lowest BCUT2D eigenvalue weighted by Crippen LogP contribution is -2.43. The van der Waals surface area contributed by atoms with Crippen LogP contribution in [-0.4, -0.2) is 60.4 Å². The topological polar surface area (TPSA) is 72.8 Å². The van der Waals surface area contributed by atoms with Gasteiger partial charge in [-0.2, -0.15) is 0 Å². The van der Waals surface area contributed by atoms with Gasteiger partial charge in [-0.3, -0.25) is 4.79 Å². The van der Waals surface area contributed by atoms with E-state index in [2.05, 4.69) is 5.32 Å². The highest BCUT2D eigenvalue weighted by atomic mass is 16.3. The monoisotopic (exact) mass is 230 g/mol. The molecule has 1 aliphatic heterocycles. The second-order valence-electron chi connectivity index (χ2n) is 4.82. The molecule has 94 valence electrons. The molecule has 0 aromatic carbocycles. The Morgan fingerprint density at radius 3 is 2.38 bits per heavy atom. The Hall–Kier alpha value is -0.650. The first-order valence-corrected chi connectivity index (χ1v) is 5.81. The van der Waals surface area contributed by atoms with E-state index >= 15 is 0 Å². The van der Waals surface area contributed by atoms with E-state index in [-0.39, 0.29) is 25.7 Å². The number of amides is 1. The molecule has 5 heteroatoms. The van der Waals surface area contributed by atoms with Gasteiger partial charge in [-0.05, 0) is 12.8 Å². The maximum absolute atomic E-state index is 11.6. The maximum atomic E-state index is 11.6. The van der Waals surface area contributed by atoms with Crippen molar-refractivity contribution in [1.82, 2.24) is 10.2 Å². The standard InChI is InChI=1S/C11H22N2O3/c1-11(8-14,9-15)7-12-6-10(16)13-4-2-3-5-13/h12,14-15H,2-9H2,1H3. The number of nitrogens with zero attached hydrogens (tertiary/aromatic N) is 1. The van der Waals surface area contributed by atoms with Crippen LogP contribution >= 0.6 is 0 Å². The molecule has 1 rings (SSSR count). The molecule has 1 fully saturated rings. The number of nitrogens with one attached hydrogen (secondary N) is 1. The third-order valence-corrected chi connectivity index (χ3v) is 3.05. The van der Waals surface area contributed by atoms with Crippen molar-refractivity contribution in [2.45, 2.75) is 19.8 Å². The van der Waals surface area contributed by atoms with E-state index in [1.807, 2.05) is 4.90 Å². The zero-order valence-electron chi connectivity index (χ0n) is 9.91. The number of hydrogen-bond donors (Lipinski definition) is 3. The van der Waals surface area contributed by atoms with E-state index in [1.165, 1.54) is 0 Å². The molecule has 16 heavy (non-hydrogen) atoms. The largest absolute Gasteiger partial charge is 0.396 e. The zero-order chi connectivity index (χ0) is 12.0. The summed E-state index contributed by atoms with van der Waals surface area (Å²) in [6.07, 6.45) is 2.19. The minimum atomic E-state index is -0.550. The first-order valence-electron chi connectivity index (χ1n) is 5.81. The summed E-state index contributed by atoms with van der Waals surface area (Å²) in [7, 11) is 0. The third kappa shape index (κ3) is 3.73. The summed E-state index contributed by atoms with van der Waals surface area (Å²) in [5.41, 5.74) is -0.550. The van der Waals surface area contributed by atoms with Crippen LogP contribution in [0.2, 0.25) is 0 Å². The number of carbonyl (C=O) groups excluding carboxylic acids is 1. The molecule has 1 heterocycles. The predicted molar refractivity (Wildman–Crippen MR) is 61.0 cm³/mol. The molecular formula is C11H22N2O3. The molecule has 0 unspecified atom stereocenters. The summed E-state index contributed by atoms with van der Waals surface area (Å²) in [6.45, 7) is 4.05. The molecule has 0 aliphatic carbocycles. The number of aliphatic hydroxyl groups is 2. The van der Waals surface area contributed by atoms with Crippen LogP contribution in [0.1, 0.15) is 19.8 Å². The summed E-state index contributed by atoms with van der Waals surface area (Å²) in [5.74, 6) is 0.107. The lowest BCUT2D eigenvalue weighted by atomic mass is 9.93.